The largest absolute Gasteiger partial charge is 0.490 e. The first-order chi connectivity index (χ1) is 29.7. The van der Waals surface area contributed by atoms with Crippen LogP contribution in [0.2, 0.25) is 10.0 Å². The second-order valence-electron chi connectivity index (χ2n) is 14.3. The summed E-state index contributed by atoms with van der Waals surface area (Å²) in [5.74, 6) is -0.872. The maximum absolute atomic E-state index is 14.7. The van der Waals surface area contributed by atoms with Gasteiger partial charge in [0.05, 0.1) is 45.5 Å². The zero-order valence-electron chi connectivity index (χ0n) is 33.9. The third kappa shape index (κ3) is 14.3. The summed E-state index contributed by atoms with van der Waals surface area (Å²) in [6.07, 6.45) is 3.45. The Hall–Kier alpha value is -4.35. The van der Waals surface area contributed by atoms with Crippen molar-refractivity contribution in [2.75, 3.05) is 45.5 Å². The standard InChI is InChI=1S/C43H48Cl2F3N4O9P/c1-58-37-18-16-33(42(54)51-40-34(44)24-50-25-35(40)45)32-17-19-39(43(46,47)48)52(41(32)37)27-31-15-14-30(23-38(31)60-28-61-62(55,56)57)36(53)26-49-20-8-2-3-9-21-59-22-10-7-13-29-11-5-4-6-12-29/h4-6,11-12,14-19,23-25,36,49,53H,2-3,7-10,13,20-22,26-28H2,1H3,(H2-,50,51,54,55,56,57)/p+1. The molecule has 334 valence electrons. The van der Waals surface area contributed by atoms with Gasteiger partial charge in [-0.25, -0.2) is 9.09 Å². The molecule has 0 radical (unpaired) electrons. The third-order valence-electron chi connectivity index (χ3n) is 9.81. The molecule has 5 rings (SSSR count). The molecule has 2 heterocycles. The van der Waals surface area contributed by atoms with Crippen LogP contribution in [-0.4, -0.2) is 66.0 Å². The van der Waals surface area contributed by atoms with Crippen molar-refractivity contribution in [3.05, 3.63) is 123 Å². The van der Waals surface area contributed by atoms with Gasteiger partial charge < -0.3 is 39.7 Å². The van der Waals surface area contributed by atoms with Gasteiger partial charge in [0.1, 0.15) is 5.75 Å². The van der Waals surface area contributed by atoms with Crippen molar-refractivity contribution in [2.45, 2.75) is 63.8 Å². The van der Waals surface area contributed by atoms with E-state index in [0.29, 0.717) is 18.7 Å². The number of nitrogens with zero attached hydrogens (tertiary/aromatic N) is 2. The number of halogens is 5. The molecule has 0 bridgehead atoms. The predicted molar refractivity (Wildman–Crippen MR) is 229 cm³/mol. The number of amides is 1. The lowest BCUT2D eigenvalue weighted by Gasteiger charge is -2.18. The first-order valence-corrected chi connectivity index (χ1v) is 22.1. The van der Waals surface area contributed by atoms with E-state index in [9.17, 15) is 37.4 Å². The molecule has 0 aliphatic carbocycles. The topological polar surface area (TPSA) is 173 Å². The second kappa shape index (κ2) is 23.4. The van der Waals surface area contributed by atoms with Crippen LogP contribution in [0.25, 0.3) is 10.9 Å². The number of carbonyl (C=O) groups excluding carboxylic acids is 1. The Morgan fingerprint density at radius 3 is 2.31 bits per heavy atom. The highest BCUT2D eigenvalue weighted by molar-refractivity contribution is 7.46. The average Bonchev–Trinajstić information content (AvgIpc) is 3.23. The zero-order chi connectivity index (χ0) is 44.7. The number of carbonyl (C=O) groups is 1. The number of alkyl halides is 3. The lowest BCUT2D eigenvalue weighted by Crippen LogP contribution is -2.44. The van der Waals surface area contributed by atoms with Gasteiger partial charge in [0, 0.05) is 38.2 Å². The molecule has 13 nitrogen and oxygen atoms in total. The number of benzene rings is 3. The van der Waals surface area contributed by atoms with Crippen LogP contribution in [0.1, 0.15) is 77.4 Å². The number of aromatic nitrogens is 2. The summed E-state index contributed by atoms with van der Waals surface area (Å²) in [6.45, 7) is 0.695. The van der Waals surface area contributed by atoms with Gasteiger partial charge in [-0.1, -0.05) is 72.4 Å². The molecule has 62 heavy (non-hydrogen) atoms. The fourth-order valence-corrected chi connectivity index (χ4v) is 7.36. The van der Waals surface area contributed by atoms with Crippen molar-refractivity contribution in [3.63, 3.8) is 0 Å². The van der Waals surface area contributed by atoms with Gasteiger partial charge in [-0.2, -0.15) is 17.7 Å². The highest BCUT2D eigenvalue weighted by Crippen LogP contribution is 2.37. The number of pyridine rings is 2. The molecule has 0 aliphatic rings. The minimum Gasteiger partial charge on any atom is -0.490 e. The normalized spacial score (nSPS) is 12.4. The molecule has 1 amide bonds. The van der Waals surface area contributed by atoms with Gasteiger partial charge in [-0.3, -0.25) is 9.78 Å². The molecular formula is C43H49Cl2F3N4O9P+. The molecule has 0 aliphatic heterocycles. The van der Waals surface area contributed by atoms with E-state index >= 15 is 0 Å². The number of unbranched alkanes of at least 4 members (excludes halogenated alkanes) is 4. The number of rotatable bonds is 24. The number of phosphoric acid groups is 1. The molecule has 5 N–H and O–H groups in total. The van der Waals surface area contributed by atoms with Crippen LogP contribution in [-0.2, 0) is 33.0 Å². The molecular weight excluding hydrogens is 875 g/mol. The van der Waals surface area contributed by atoms with Crippen LogP contribution in [0.15, 0.2) is 85.2 Å². The Kier molecular flexibility index (Phi) is 18.3. The lowest BCUT2D eigenvalue weighted by atomic mass is 10.0. The monoisotopic (exact) mass is 923 g/mol. The summed E-state index contributed by atoms with van der Waals surface area (Å²) in [5, 5.41) is 17.0. The van der Waals surface area contributed by atoms with Gasteiger partial charge in [0.25, 0.3) is 17.1 Å². The van der Waals surface area contributed by atoms with Crippen molar-refractivity contribution >= 4 is 53.5 Å². The van der Waals surface area contributed by atoms with E-state index in [1.54, 1.807) is 0 Å². The number of phosphoric ester groups is 1. The third-order valence-corrected chi connectivity index (χ3v) is 10.8. The molecule has 0 spiro atoms. The predicted octanol–water partition coefficient (Wildman–Crippen LogP) is 8.83. The van der Waals surface area contributed by atoms with E-state index < -0.39 is 45.0 Å². The van der Waals surface area contributed by atoms with Crippen LogP contribution in [0.3, 0.4) is 0 Å². The number of nitrogens with one attached hydrogen (secondary N) is 2. The van der Waals surface area contributed by atoms with E-state index in [-0.39, 0.29) is 55.8 Å². The minimum atomic E-state index is -5.00. The highest BCUT2D eigenvalue weighted by Gasteiger charge is 2.43. The van der Waals surface area contributed by atoms with Crippen LogP contribution < -0.4 is 24.7 Å². The SMILES string of the molecule is COc1ccc(C(=O)Nc2c(Cl)cncc2Cl)c2ccc(C(F)(F)F)[n+](Cc3ccc(C(O)CNCCCCCCOCCCCc4ccccc4)cc3OCOP(=O)(O)O)c12. The summed E-state index contributed by atoms with van der Waals surface area (Å²) in [4.78, 5) is 36.0. The molecule has 1 atom stereocenters. The molecule has 19 heteroatoms. The van der Waals surface area contributed by atoms with Crippen molar-refractivity contribution in [3.8, 4) is 11.5 Å². The van der Waals surface area contributed by atoms with E-state index in [1.165, 1.54) is 55.4 Å². The fraction of sp³-hybridized carbons (Fsp3) is 0.372. The van der Waals surface area contributed by atoms with Gasteiger partial charge in [0.15, 0.2) is 19.1 Å². The molecule has 0 saturated heterocycles. The average molecular weight is 925 g/mol. The zero-order valence-corrected chi connectivity index (χ0v) is 36.3. The van der Waals surface area contributed by atoms with Crippen molar-refractivity contribution in [2.24, 2.45) is 0 Å². The summed E-state index contributed by atoms with van der Waals surface area (Å²) >= 11 is 12.4. The fourth-order valence-electron chi connectivity index (χ4n) is 6.71. The van der Waals surface area contributed by atoms with Gasteiger partial charge >= 0.3 is 14.0 Å². The number of aryl methyl sites for hydroxylation is 1. The molecule has 2 aromatic heterocycles. The van der Waals surface area contributed by atoms with Crippen molar-refractivity contribution in [1.29, 1.82) is 0 Å². The summed E-state index contributed by atoms with van der Waals surface area (Å²) in [5.41, 5.74) is 0.527. The summed E-state index contributed by atoms with van der Waals surface area (Å²) in [6, 6.07) is 19.3. The minimum absolute atomic E-state index is 0.00784. The molecule has 5 aromatic rings. The number of aliphatic hydroxyl groups excluding tert-OH is 1. The van der Waals surface area contributed by atoms with Gasteiger partial charge in [-0.05, 0) is 80.1 Å². The summed E-state index contributed by atoms with van der Waals surface area (Å²) in [7, 11) is -3.74. The number of hydrogen-bond donors (Lipinski definition) is 5. The number of aliphatic hydroxyl groups is 1. The van der Waals surface area contributed by atoms with Crippen LogP contribution in [0.5, 0.6) is 11.5 Å². The molecule has 0 fully saturated rings. The maximum Gasteiger partial charge on any atom is 0.477 e. The van der Waals surface area contributed by atoms with Crippen LogP contribution in [0.4, 0.5) is 18.9 Å². The first-order valence-electron chi connectivity index (χ1n) is 19.8. The molecule has 0 saturated carbocycles. The Morgan fingerprint density at radius 2 is 1.61 bits per heavy atom. The van der Waals surface area contributed by atoms with Gasteiger partial charge in [0.2, 0.25) is 0 Å². The van der Waals surface area contributed by atoms with Crippen molar-refractivity contribution < 1.29 is 60.7 Å². The van der Waals surface area contributed by atoms with E-state index in [2.05, 4.69) is 32.3 Å². The number of hydrogen-bond acceptors (Lipinski definition) is 9. The number of anilines is 1. The molecule has 3 aromatic carbocycles. The Morgan fingerprint density at radius 1 is 0.903 bits per heavy atom. The Labute approximate surface area is 367 Å². The molecule has 1 unspecified atom stereocenters. The Bertz CT molecular complexity index is 2290. The van der Waals surface area contributed by atoms with Crippen LogP contribution in [0, 0.1) is 0 Å². The van der Waals surface area contributed by atoms with E-state index in [0.717, 1.165) is 68.3 Å². The smallest absolute Gasteiger partial charge is 0.477 e. The number of ether oxygens (including phenoxy) is 3. The second-order valence-corrected chi connectivity index (χ2v) is 16.3. The van der Waals surface area contributed by atoms with Crippen LogP contribution >= 0.6 is 31.0 Å². The van der Waals surface area contributed by atoms with Crippen molar-refractivity contribution in [1.82, 2.24) is 10.3 Å². The quantitative estimate of drug-likeness (QED) is 0.0173. The first kappa shape index (κ1) is 48.7. The summed E-state index contributed by atoms with van der Waals surface area (Å²) < 4.78 is 77.9. The number of fused-ring (bicyclic) bond motifs is 1. The highest BCUT2D eigenvalue weighted by atomic mass is 35.5. The number of methoxy groups -OCH3 is 1. The maximum atomic E-state index is 14.7. The van der Waals surface area contributed by atoms with E-state index in [4.69, 9.17) is 37.4 Å². The van der Waals surface area contributed by atoms with E-state index in [1.807, 2.05) is 18.2 Å². The van der Waals surface area contributed by atoms with Gasteiger partial charge in [-0.15, -0.1) is 0 Å². The Balaban J connectivity index is 1.27. The lowest BCUT2D eigenvalue weighted by molar-refractivity contribution is -0.682.